The fourth-order valence-corrected chi connectivity index (χ4v) is 2.02. The molecule has 2 aromatic carbocycles. The number of carbonyl (C=O) groups excluding carboxylic acids is 2. The molecule has 0 atom stereocenters. The zero-order chi connectivity index (χ0) is 18.8. The van der Waals surface area contributed by atoms with E-state index in [1.807, 2.05) is 6.92 Å². The molecule has 0 aliphatic rings. The second kappa shape index (κ2) is 10.0. The Hall–Kier alpha value is -3.09. The average molecular weight is 361 g/mol. The van der Waals surface area contributed by atoms with Gasteiger partial charge in [0.15, 0.2) is 24.7 Å². The van der Waals surface area contributed by atoms with Crippen LogP contribution in [0.1, 0.15) is 12.5 Å². The molecule has 0 bridgehead atoms. The SMILES string of the molecule is CCOc1ccccc1OCC(=O)OCC(=O)NCc1ccc(F)cc1. The first-order valence-electron chi connectivity index (χ1n) is 8.10. The van der Waals surface area contributed by atoms with E-state index in [1.165, 1.54) is 12.1 Å². The van der Waals surface area contributed by atoms with Gasteiger partial charge in [0, 0.05) is 6.54 Å². The number of carbonyl (C=O) groups is 2. The van der Waals surface area contributed by atoms with Crippen LogP contribution in [0.5, 0.6) is 11.5 Å². The standard InChI is InChI=1S/C19H20FNO5/c1-2-24-16-5-3-4-6-17(16)25-13-19(23)26-12-18(22)21-11-14-7-9-15(20)10-8-14/h3-10H,2,11-13H2,1H3,(H,21,22). The monoisotopic (exact) mass is 361 g/mol. The summed E-state index contributed by atoms with van der Waals surface area (Å²) in [5.74, 6) is -0.530. The van der Waals surface area contributed by atoms with Gasteiger partial charge in [0.1, 0.15) is 5.82 Å². The van der Waals surface area contributed by atoms with Gasteiger partial charge in [-0.3, -0.25) is 4.79 Å². The Morgan fingerprint density at radius 3 is 2.27 bits per heavy atom. The van der Waals surface area contributed by atoms with Crippen LogP contribution >= 0.6 is 0 Å². The summed E-state index contributed by atoms with van der Waals surface area (Å²) in [6.07, 6.45) is 0. The topological polar surface area (TPSA) is 73.9 Å². The number of hydrogen-bond acceptors (Lipinski definition) is 5. The molecule has 0 aliphatic carbocycles. The van der Waals surface area contributed by atoms with Crippen molar-refractivity contribution >= 4 is 11.9 Å². The second-order valence-corrected chi connectivity index (χ2v) is 5.23. The number of esters is 1. The molecule has 0 radical (unpaired) electrons. The molecule has 0 unspecified atom stereocenters. The first-order chi connectivity index (χ1) is 12.6. The van der Waals surface area contributed by atoms with Gasteiger partial charge in [-0.25, -0.2) is 9.18 Å². The summed E-state index contributed by atoms with van der Waals surface area (Å²) in [6.45, 7) is 1.77. The van der Waals surface area contributed by atoms with Crippen molar-refractivity contribution < 1.29 is 28.2 Å². The van der Waals surface area contributed by atoms with Gasteiger partial charge in [0.25, 0.3) is 5.91 Å². The van der Waals surface area contributed by atoms with Gasteiger partial charge in [-0.1, -0.05) is 24.3 Å². The van der Waals surface area contributed by atoms with Gasteiger partial charge in [-0.2, -0.15) is 0 Å². The lowest BCUT2D eigenvalue weighted by Crippen LogP contribution is -2.29. The van der Waals surface area contributed by atoms with Crippen molar-refractivity contribution in [1.29, 1.82) is 0 Å². The molecule has 0 saturated heterocycles. The van der Waals surface area contributed by atoms with Crippen molar-refractivity contribution in [3.8, 4) is 11.5 Å². The van der Waals surface area contributed by atoms with Crippen molar-refractivity contribution in [1.82, 2.24) is 5.32 Å². The average Bonchev–Trinajstić information content (AvgIpc) is 2.65. The molecule has 0 aliphatic heterocycles. The van der Waals surface area contributed by atoms with E-state index in [0.717, 1.165) is 5.56 Å². The van der Waals surface area contributed by atoms with Crippen LogP contribution < -0.4 is 14.8 Å². The van der Waals surface area contributed by atoms with Crippen molar-refractivity contribution in [2.75, 3.05) is 19.8 Å². The third-order valence-corrected chi connectivity index (χ3v) is 3.26. The van der Waals surface area contributed by atoms with Crippen LogP contribution in [0.3, 0.4) is 0 Å². The molecular formula is C19H20FNO5. The summed E-state index contributed by atoms with van der Waals surface area (Å²) in [5.41, 5.74) is 0.738. The van der Waals surface area contributed by atoms with E-state index in [9.17, 15) is 14.0 Å². The summed E-state index contributed by atoms with van der Waals surface area (Å²) < 4.78 is 28.4. The lowest BCUT2D eigenvalue weighted by atomic mass is 10.2. The highest BCUT2D eigenvalue weighted by molar-refractivity contribution is 5.80. The van der Waals surface area contributed by atoms with Gasteiger partial charge in [-0.15, -0.1) is 0 Å². The molecule has 2 aromatic rings. The number of hydrogen-bond donors (Lipinski definition) is 1. The van der Waals surface area contributed by atoms with Gasteiger partial charge in [0.2, 0.25) is 0 Å². The fraction of sp³-hybridized carbons (Fsp3) is 0.263. The third kappa shape index (κ3) is 6.43. The number of benzene rings is 2. The summed E-state index contributed by atoms with van der Waals surface area (Å²) in [6, 6.07) is 12.7. The largest absolute Gasteiger partial charge is 0.490 e. The van der Waals surface area contributed by atoms with Gasteiger partial charge < -0.3 is 19.5 Å². The van der Waals surface area contributed by atoms with E-state index in [1.54, 1.807) is 36.4 Å². The molecule has 6 nitrogen and oxygen atoms in total. The quantitative estimate of drug-likeness (QED) is 0.695. The van der Waals surface area contributed by atoms with Crippen molar-refractivity contribution in [3.63, 3.8) is 0 Å². The summed E-state index contributed by atoms with van der Waals surface area (Å²) in [4.78, 5) is 23.4. The Kier molecular flexibility index (Phi) is 7.42. The molecule has 0 heterocycles. The summed E-state index contributed by atoms with van der Waals surface area (Å²) >= 11 is 0. The molecule has 0 fully saturated rings. The maximum absolute atomic E-state index is 12.8. The molecule has 1 amide bonds. The zero-order valence-corrected chi connectivity index (χ0v) is 14.4. The third-order valence-electron chi connectivity index (χ3n) is 3.26. The molecule has 0 aromatic heterocycles. The lowest BCUT2D eigenvalue weighted by molar-refractivity contribution is -0.150. The first kappa shape index (κ1) is 19.2. The lowest BCUT2D eigenvalue weighted by Gasteiger charge is -2.11. The van der Waals surface area contributed by atoms with E-state index in [4.69, 9.17) is 14.2 Å². The maximum atomic E-state index is 12.8. The highest BCUT2D eigenvalue weighted by Crippen LogP contribution is 2.26. The smallest absolute Gasteiger partial charge is 0.344 e. The fourth-order valence-electron chi connectivity index (χ4n) is 2.02. The Labute approximate surface area is 150 Å². The van der Waals surface area contributed by atoms with Crippen molar-refractivity contribution in [3.05, 3.63) is 59.9 Å². The minimum atomic E-state index is -0.673. The number of rotatable bonds is 9. The predicted octanol–water partition coefficient (Wildman–Crippen LogP) is 2.46. The van der Waals surface area contributed by atoms with Crippen LogP contribution in [-0.4, -0.2) is 31.7 Å². The van der Waals surface area contributed by atoms with Crippen molar-refractivity contribution in [2.24, 2.45) is 0 Å². The van der Waals surface area contributed by atoms with E-state index >= 15 is 0 Å². The van der Waals surface area contributed by atoms with E-state index in [0.29, 0.717) is 18.1 Å². The second-order valence-electron chi connectivity index (χ2n) is 5.23. The minimum absolute atomic E-state index is 0.217. The number of ether oxygens (including phenoxy) is 3. The number of para-hydroxylation sites is 2. The molecule has 7 heteroatoms. The number of amides is 1. The molecule has 138 valence electrons. The molecule has 2 rings (SSSR count). The first-order valence-corrected chi connectivity index (χ1v) is 8.10. The van der Waals surface area contributed by atoms with Crippen LogP contribution in [0, 0.1) is 5.82 Å². The Bertz CT molecular complexity index is 733. The molecule has 0 spiro atoms. The summed E-state index contributed by atoms with van der Waals surface area (Å²) in [5, 5.41) is 2.57. The maximum Gasteiger partial charge on any atom is 0.344 e. The highest BCUT2D eigenvalue weighted by atomic mass is 19.1. The number of halogens is 1. The molecule has 0 saturated carbocycles. The Morgan fingerprint density at radius 2 is 1.62 bits per heavy atom. The van der Waals surface area contributed by atoms with Crippen LogP contribution in [-0.2, 0) is 20.9 Å². The molecular weight excluding hydrogens is 341 g/mol. The highest BCUT2D eigenvalue weighted by Gasteiger charge is 2.10. The number of nitrogens with one attached hydrogen (secondary N) is 1. The minimum Gasteiger partial charge on any atom is -0.490 e. The predicted molar refractivity (Wildman–Crippen MR) is 92.3 cm³/mol. The Morgan fingerprint density at radius 1 is 0.962 bits per heavy atom. The normalized spacial score (nSPS) is 10.1. The van der Waals surface area contributed by atoms with Crippen LogP contribution in [0.2, 0.25) is 0 Å². The van der Waals surface area contributed by atoms with Gasteiger partial charge >= 0.3 is 5.97 Å². The summed E-state index contributed by atoms with van der Waals surface area (Å²) in [7, 11) is 0. The Balaban J connectivity index is 1.69. The molecule has 26 heavy (non-hydrogen) atoms. The van der Waals surface area contributed by atoms with Crippen molar-refractivity contribution in [2.45, 2.75) is 13.5 Å². The van der Waals surface area contributed by atoms with Crippen LogP contribution in [0.4, 0.5) is 4.39 Å². The molecule has 1 N–H and O–H groups in total. The van der Waals surface area contributed by atoms with E-state index in [2.05, 4.69) is 5.32 Å². The van der Waals surface area contributed by atoms with E-state index in [-0.39, 0.29) is 19.0 Å². The van der Waals surface area contributed by atoms with Crippen LogP contribution in [0.25, 0.3) is 0 Å². The van der Waals surface area contributed by atoms with Gasteiger partial charge in [-0.05, 0) is 36.8 Å². The van der Waals surface area contributed by atoms with Gasteiger partial charge in [0.05, 0.1) is 6.61 Å². The zero-order valence-electron chi connectivity index (χ0n) is 14.4. The van der Waals surface area contributed by atoms with Crippen LogP contribution in [0.15, 0.2) is 48.5 Å². The van der Waals surface area contributed by atoms with E-state index < -0.39 is 18.5 Å².